The van der Waals surface area contributed by atoms with Gasteiger partial charge in [0.25, 0.3) is 0 Å². The predicted molar refractivity (Wildman–Crippen MR) is 151 cm³/mol. The summed E-state index contributed by atoms with van der Waals surface area (Å²) in [6.45, 7) is 5.89. The van der Waals surface area contributed by atoms with Crippen LogP contribution in [0.4, 0.5) is 0 Å². The van der Waals surface area contributed by atoms with Crippen LogP contribution in [0, 0.1) is 0 Å². The van der Waals surface area contributed by atoms with Crippen molar-refractivity contribution in [3.05, 3.63) is 23.6 Å². The first-order chi connectivity index (χ1) is 17.8. The molecule has 0 aliphatic heterocycles. The van der Waals surface area contributed by atoms with Crippen molar-refractivity contribution < 1.29 is 14.1 Å². The molecule has 0 spiro atoms. The molecule has 1 aromatic carbocycles. The second-order valence-electron chi connectivity index (χ2n) is 9.83. The number of nitrogens with zero attached hydrogens (tertiary/aromatic N) is 2. The molecule has 36 heavy (non-hydrogen) atoms. The van der Waals surface area contributed by atoms with Gasteiger partial charge < -0.3 is 9.47 Å². The van der Waals surface area contributed by atoms with Gasteiger partial charge in [0, 0.05) is 10.9 Å². The third-order valence-corrected chi connectivity index (χ3v) is 7.62. The van der Waals surface area contributed by atoms with Crippen LogP contribution in [0.2, 0.25) is 0 Å². The molecule has 0 unspecified atom stereocenters. The van der Waals surface area contributed by atoms with E-state index in [0.29, 0.717) is 18.7 Å². The Hall–Kier alpha value is -2.08. The van der Waals surface area contributed by atoms with Crippen LogP contribution in [-0.4, -0.2) is 23.5 Å². The van der Waals surface area contributed by atoms with Gasteiger partial charge in [-0.15, -0.1) is 11.3 Å². The van der Waals surface area contributed by atoms with Gasteiger partial charge in [0.1, 0.15) is 11.0 Å². The van der Waals surface area contributed by atoms with Crippen LogP contribution in [0.5, 0.6) is 11.5 Å². The Kier molecular flexibility index (Phi) is 13.8. The molecule has 0 atom stereocenters. The molecule has 0 aliphatic rings. The van der Waals surface area contributed by atoms with Gasteiger partial charge in [-0.1, -0.05) is 110 Å². The Bertz CT molecular complexity index is 955. The van der Waals surface area contributed by atoms with Crippen LogP contribution in [0.15, 0.2) is 28.2 Å². The maximum absolute atomic E-state index is 6.42. The molecule has 3 rings (SSSR count). The molecule has 0 aliphatic carbocycles. The van der Waals surface area contributed by atoms with Gasteiger partial charge >= 0.3 is 0 Å². The minimum atomic E-state index is 0.679. The lowest BCUT2D eigenvalue weighted by molar-refractivity contribution is 0.260. The molecule has 0 bridgehead atoms. The SMILES string of the molecule is CCCCCCCCCCOc1cc2nonc2c(-c2cccs2)c1OCCCCCCCCCC. The molecule has 200 valence electrons. The predicted octanol–water partition coefficient (Wildman–Crippen LogP) is 9.99. The van der Waals surface area contributed by atoms with E-state index >= 15 is 0 Å². The fraction of sp³-hybridized carbons (Fsp3) is 0.667. The summed E-state index contributed by atoms with van der Waals surface area (Å²) in [6, 6.07) is 6.08. The van der Waals surface area contributed by atoms with Crippen molar-refractivity contribution in [1.29, 1.82) is 0 Å². The van der Waals surface area contributed by atoms with E-state index in [0.717, 1.165) is 40.3 Å². The number of fused-ring (bicyclic) bond motifs is 1. The molecule has 5 nitrogen and oxygen atoms in total. The van der Waals surface area contributed by atoms with E-state index in [-0.39, 0.29) is 0 Å². The Morgan fingerprint density at radius 1 is 0.722 bits per heavy atom. The van der Waals surface area contributed by atoms with Crippen LogP contribution in [-0.2, 0) is 0 Å². The van der Waals surface area contributed by atoms with Crippen LogP contribution in [0.1, 0.15) is 117 Å². The number of aromatic nitrogens is 2. The quantitative estimate of drug-likeness (QED) is 0.132. The van der Waals surface area contributed by atoms with Crippen molar-refractivity contribution in [3.8, 4) is 21.9 Å². The molecular formula is C30H46N2O3S. The van der Waals surface area contributed by atoms with Crippen LogP contribution < -0.4 is 9.47 Å². The van der Waals surface area contributed by atoms with E-state index in [1.165, 1.54) is 89.9 Å². The minimum Gasteiger partial charge on any atom is -0.490 e. The summed E-state index contributed by atoms with van der Waals surface area (Å²) in [5.74, 6) is 1.53. The van der Waals surface area contributed by atoms with Crippen molar-refractivity contribution >= 4 is 22.4 Å². The highest BCUT2D eigenvalue weighted by molar-refractivity contribution is 7.13. The number of rotatable bonds is 21. The molecule has 3 aromatic rings. The first kappa shape index (κ1) is 28.5. The summed E-state index contributed by atoms with van der Waals surface area (Å²) in [5, 5.41) is 10.4. The lowest BCUT2D eigenvalue weighted by Crippen LogP contribution is -2.04. The molecule has 0 N–H and O–H groups in total. The lowest BCUT2D eigenvalue weighted by atomic mass is 10.1. The Labute approximate surface area is 221 Å². The van der Waals surface area contributed by atoms with E-state index in [1.807, 2.05) is 6.07 Å². The summed E-state index contributed by atoms with van der Waals surface area (Å²) >= 11 is 1.67. The van der Waals surface area contributed by atoms with Crippen LogP contribution in [0.25, 0.3) is 21.5 Å². The zero-order valence-corrected chi connectivity index (χ0v) is 23.4. The summed E-state index contributed by atoms with van der Waals surface area (Å²) in [6.07, 6.45) is 20.4. The second-order valence-corrected chi connectivity index (χ2v) is 10.8. The number of ether oxygens (including phenoxy) is 2. The van der Waals surface area contributed by atoms with Gasteiger partial charge in [0.15, 0.2) is 11.5 Å². The summed E-state index contributed by atoms with van der Waals surface area (Å²) in [7, 11) is 0. The van der Waals surface area contributed by atoms with E-state index in [4.69, 9.17) is 14.1 Å². The van der Waals surface area contributed by atoms with Crippen LogP contribution >= 0.6 is 11.3 Å². The van der Waals surface area contributed by atoms with Crippen molar-refractivity contribution in [2.75, 3.05) is 13.2 Å². The van der Waals surface area contributed by atoms with E-state index < -0.39 is 0 Å². The van der Waals surface area contributed by atoms with E-state index in [9.17, 15) is 0 Å². The molecule has 6 heteroatoms. The molecule has 0 amide bonds. The highest BCUT2D eigenvalue weighted by Gasteiger charge is 2.22. The van der Waals surface area contributed by atoms with Gasteiger partial charge in [0.2, 0.25) is 0 Å². The Balaban J connectivity index is 1.57. The Morgan fingerprint density at radius 2 is 1.31 bits per heavy atom. The first-order valence-corrected chi connectivity index (χ1v) is 15.3. The monoisotopic (exact) mass is 514 g/mol. The van der Waals surface area contributed by atoms with Crippen molar-refractivity contribution in [3.63, 3.8) is 0 Å². The molecule has 2 aromatic heterocycles. The van der Waals surface area contributed by atoms with Gasteiger partial charge in [-0.2, -0.15) is 0 Å². The highest BCUT2D eigenvalue weighted by atomic mass is 32.1. The fourth-order valence-corrected chi connectivity index (χ4v) is 5.38. The molecule has 0 radical (unpaired) electrons. The largest absolute Gasteiger partial charge is 0.490 e. The van der Waals surface area contributed by atoms with Crippen molar-refractivity contribution in [2.24, 2.45) is 0 Å². The number of thiophene rings is 1. The van der Waals surface area contributed by atoms with Gasteiger partial charge in [-0.05, 0) is 34.6 Å². The van der Waals surface area contributed by atoms with Gasteiger partial charge in [0.05, 0.1) is 18.8 Å². The summed E-state index contributed by atoms with van der Waals surface area (Å²) < 4.78 is 17.8. The van der Waals surface area contributed by atoms with Crippen molar-refractivity contribution in [1.82, 2.24) is 10.3 Å². The normalized spacial score (nSPS) is 11.4. The third kappa shape index (κ3) is 9.42. The molecule has 2 heterocycles. The maximum Gasteiger partial charge on any atom is 0.172 e. The number of unbranched alkanes of at least 4 members (excludes halogenated alkanes) is 14. The standard InChI is InChI=1S/C30H46N2O3S/c1-3-5-7-9-11-13-15-17-21-33-26-24-25-29(32-35-31-25)28(27-20-19-23-36-27)30(26)34-22-18-16-14-12-10-8-6-4-2/h19-20,23-24H,3-18,21-22H2,1-2H3. The molecule has 0 fully saturated rings. The summed E-state index contributed by atoms with van der Waals surface area (Å²) in [5.41, 5.74) is 2.39. The van der Waals surface area contributed by atoms with Gasteiger partial charge in [-0.3, -0.25) is 0 Å². The minimum absolute atomic E-state index is 0.679. The zero-order chi connectivity index (χ0) is 25.3. The van der Waals surface area contributed by atoms with E-state index in [1.54, 1.807) is 11.3 Å². The maximum atomic E-state index is 6.42. The molecular weight excluding hydrogens is 468 g/mol. The second kappa shape index (κ2) is 17.4. The average molecular weight is 515 g/mol. The first-order valence-electron chi connectivity index (χ1n) is 14.4. The fourth-order valence-electron chi connectivity index (χ4n) is 4.61. The topological polar surface area (TPSA) is 57.4 Å². The average Bonchev–Trinajstić information content (AvgIpc) is 3.59. The highest BCUT2D eigenvalue weighted by Crippen LogP contribution is 2.44. The number of hydrogen-bond acceptors (Lipinski definition) is 6. The van der Waals surface area contributed by atoms with Crippen LogP contribution in [0.3, 0.4) is 0 Å². The molecule has 0 saturated heterocycles. The zero-order valence-electron chi connectivity index (χ0n) is 22.6. The number of benzene rings is 1. The smallest absolute Gasteiger partial charge is 0.172 e. The van der Waals surface area contributed by atoms with Gasteiger partial charge in [-0.25, -0.2) is 4.63 Å². The molecule has 0 saturated carbocycles. The Morgan fingerprint density at radius 3 is 1.89 bits per heavy atom. The lowest BCUT2D eigenvalue weighted by Gasteiger charge is -2.16. The third-order valence-electron chi connectivity index (χ3n) is 6.74. The van der Waals surface area contributed by atoms with Crippen molar-refractivity contribution in [2.45, 2.75) is 117 Å². The van der Waals surface area contributed by atoms with E-state index in [2.05, 4.69) is 41.7 Å². The summed E-state index contributed by atoms with van der Waals surface area (Å²) in [4.78, 5) is 1.10. The number of hydrogen-bond donors (Lipinski definition) is 0.